The van der Waals surface area contributed by atoms with E-state index in [1.807, 2.05) is 11.3 Å². The molecule has 0 bridgehead atoms. The van der Waals surface area contributed by atoms with Crippen molar-refractivity contribution in [2.24, 2.45) is 4.99 Å². The summed E-state index contributed by atoms with van der Waals surface area (Å²) < 4.78 is 5.32. The van der Waals surface area contributed by atoms with Crippen molar-refractivity contribution in [3.63, 3.8) is 0 Å². The van der Waals surface area contributed by atoms with Gasteiger partial charge in [-0.1, -0.05) is 51.1 Å². The first-order valence-electron chi connectivity index (χ1n) is 12.6. The molecule has 1 atom stereocenters. The fourth-order valence-electron chi connectivity index (χ4n) is 4.87. The van der Waals surface area contributed by atoms with Crippen molar-refractivity contribution < 1.29 is 4.74 Å². The summed E-state index contributed by atoms with van der Waals surface area (Å²) in [5, 5.41) is 1.19. The maximum absolute atomic E-state index is 5.32. The van der Waals surface area contributed by atoms with Crippen LogP contribution in [-0.2, 0) is 18.3 Å². The number of fused-ring (bicyclic) bond motifs is 2. The number of rotatable bonds is 4. The van der Waals surface area contributed by atoms with Crippen LogP contribution < -0.4 is 4.74 Å². The summed E-state index contributed by atoms with van der Waals surface area (Å²) in [5.41, 5.74) is 4.85. The van der Waals surface area contributed by atoms with E-state index in [0.29, 0.717) is 6.04 Å². The summed E-state index contributed by atoms with van der Waals surface area (Å²) in [4.78, 5) is 16.8. The largest absolute Gasteiger partial charge is 0.497 e. The van der Waals surface area contributed by atoms with Crippen LogP contribution in [-0.4, -0.2) is 60.5 Å². The second-order valence-corrected chi connectivity index (χ2v) is 11.8. The van der Waals surface area contributed by atoms with Gasteiger partial charge in [0.2, 0.25) is 0 Å². The second-order valence-electron chi connectivity index (χ2n) is 10.7. The van der Waals surface area contributed by atoms with Crippen LogP contribution in [0.2, 0.25) is 0 Å². The van der Waals surface area contributed by atoms with Crippen molar-refractivity contribution in [2.75, 3.05) is 33.8 Å². The van der Waals surface area contributed by atoms with Gasteiger partial charge < -0.3 is 9.64 Å². The average Bonchev–Trinajstić information content (AvgIpc) is 3.21. The topological polar surface area (TPSA) is 41.0 Å². The smallest absolute Gasteiger partial charge is 0.156 e. The van der Waals surface area contributed by atoms with Gasteiger partial charge in [-0.05, 0) is 49.2 Å². The number of nitrogens with zero attached hydrogens (tertiary/aromatic N) is 4. The number of ether oxygens (including phenoxy) is 1. The number of hydrogen-bond donors (Lipinski definition) is 0. The van der Waals surface area contributed by atoms with Gasteiger partial charge in [-0.3, -0.25) is 4.90 Å². The van der Waals surface area contributed by atoms with Crippen molar-refractivity contribution >= 4 is 22.9 Å². The summed E-state index contributed by atoms with van der Waals surface area (Å²) in [6.07, 6.45) is 3.07. The maximum atomic E-state index is 5.32. The predicted molar refractivity (Wildman–Crippen MR) is 146 cm³/mol. The molecule has 0 N–H and O–H groups in total. The zero-order valence-corrected chi connectivity index (χ0v) is 22.4. The Morgan fingerprint density at radius 1 is 1.06 bits per heavy atom. The van der Waals surface area contributed by atoms with Gasteiger partial charge in [0.25, 0.3) is 0 Å². The van der Waals surface area contributed by atoms with Gasteiger partial charge in [0.15, 0.2) is 5.84 Å². The lowest BCUT2D eigenvalue weighted by atomic mass is 9.98. The number of piperazine rings is 1. The minimum absolute atomic E-state index is 0.0322. The van der Waals surface area contributed by atoms with Crippen LogP contribution in [0.1, 0.15) is 53.9 Å². The zero-order chi connectivity index (χ0) is 24.6. The van der Waals surface area contributed by atoms with Crippen LogP contribution in [0.25, 0.3) is 0 Å². The molecule has 5 nitrogen and oxygen atoms in total. The van der Waals surface area contributed by atoms with E-state index in [0.717, 1.165) is 61.9 Å². The third-order valence-electron chi connectivity index (χ3n) is 7.12. The number of para-hydroxylation sites is 1. The Bertz CT molecular complexity index is 1210. The van der Waals surface area contributed by atoms with Crippen LogP contribution in [0.5, 0.6) is 5.75 Å². The molecule has 1 saturated heterocycles. The minimum atomic E-state index is 0.0322. The molecule has 2 aromatic carbocycles. The van der Waals surface area contributed by atoms with Crippen molar-refractivity contribution in [1.29, 1.82) is 0 Å². The van der Waals surface area contributed by atoms with E-state index in [1.165, 1.54) is 21.0 Å². The van der Waals surface area contributed by atoms with Crippen LogP contribution >= 0.6 is 11.3 Å². The molecule has 6 heteroatoms. The lowest BCUT2D eigenvalue weighted by Gasteiger charge is -2.40. The van der Waals surface area contributed by atoms with Crippen molar-refractivity contribution in [3.05, 3.63) is 75.2 Å². The normalized spacial score (nSPS) is 18.5. The number of aliphatic imine (C=N–C) groups is 1. The van der Waals surface area contributed by atoms with E-state index in [2.05, 4.69) is 86.1 Å². The molecule has 184 valence electrons. The van der Waals surface area contributed by atoms with Crippen molar-refractivity contribution in [1.82, 2.24) is 14.8 Å². The number of hydrogen-bond acceptors (Lipinski definition) is 6. The number of thiazole rings is 1. The average molecular weight is 489 g/mol. The summed E-state index contributed by atoms with van der Waals surface area (Å²) in [6.45, 7) is 9.72. The van der Waals surface area contributed by atoms with E-state index >= 15 is 0 Å². The first-order valence-corrected chi connectivity index (χ1v) is 13.4. The fourth-order valence-corrected chi connectivity index (χ4v) is 6.01. The number of benzene rings is 2. The maximum Gasteiger partial charge on any atom is 0.156 e. The predicted octanol–water partition coefficient (Wildman–Crippen LogP) is 5.68. The van der Waals surface area contributed by atoms with Crippen molar-refractivity contribution in [3.8, 4) is 5.75 Å². The van der Waals surface area contributed by atoms with Gasteiger partial charge in [-0.15, -0.1) is 11.3 Å². The Balaban J connectivity index is 1.42. The Labute approximate surface area is 213 Å². The third-order valence-corrected chi connectivity index (χ3v) is 8.60. The van der Waals surface area contributed by atoms with E-state index in [4.69, 9.17) is 14.7 Å². The highest BCUT2D eigenvalue weighted by Gasteiger charge is 2.32. The molecule has 0 unspecified atom stereocenters. The molecular formula is C29H36N4OS. The van der Waals surface area contributed by atoms with Crippen LogP contribution in [0.4, 0.5) is 5.69 Å². The molecule has 3 aromatic rings. The van der Waals surface area contributed by atoms with E-state index in [1.54, 1.807) is 7.11 Å². The molecule has 35 heavy (non-hydrogen) atoms. The minimum Gasteiger partial charge on any atom is -0.497 e. The Kier molecular flexibility index (Phi) is 6.69. The number of methoxy groups -OCH3 is 1. The molecule has 1 aromatic heterocycles. The number of aromatic nitrogens is 1. The molecule has 5 rings (SSSR count). The summed E-state index contributed by atoms with van der Waals surface area (Å²) >= 11 is 1.86. The molecule has 0 saturated carbocycles. The van der Waals surface area contributed by atoms with Crippen LogP contribution in [0.3, 0.4) is 0 Å². The van der Waals surface area contributed by atoms with E-state index in [-0.39, 0.29) is 5.41 Å². The number of amidine groups is 1. The lowest BCUT2D eigenvalue weighted by molar-refractivity contribution is 0.134. The SMILES string of the molecule is COc1ccc(CC[C@H]2CN(C3=Nc4ccccc4Cc4sc(C(C)(C)C)nc43)CCN2C)cc1. The highest BCUT2D eigenvalue weighted by atomic mass is 32.1. The van der Waals surface area contributed by atoms with Gasteiger partial charge in [-0.25, -0.2) is 9.98 Å². The zero-order valence-electron chi connectivity index (χ0n) is 21.5. The molecule has 0 aliphatic carbocycles. The summed E-state index contributed by atoms with van der Waals surface area (Å²) in [5.74, 6) is 1.97. The summed E-state index contributed by atoms with van der Waals surface area (Å²) in [7, 11) is 3.97. The fraction of sp³-hybridized carbons (Fsp3) is 0.448. The van der Waals surface area contributed by atoms with Gasteiger partial charge in [0.05, 0.1) is 17.8 Å². The van der Waals surface area contributed by atoms with Crippen LogP contribution in [0, 0.1) is 0 Å². The highest BCUT2D eigenvalue weighted by molar-refractivity contribution is 7.12. The van der Waals surface area contributed by atoms with Crippen molar-refractivity contribution in [2.45, 2.75) is 51.5 Å². The Morgan fingerprint density at radius 2 is 1.83 bits per heavy atom. The monoisotopic (exact) mass is 488 g/mol. The number of aryl methyl sites for hydroxylation is 1. The molecule has 3 heterocycles. The molecule has 0 spiro atoms. The molecule has 2 aliphatic heterocycles. The number of likely N-dealkylation sites (N-methyl/N-ethyl adjacent to an activating group) is 1. The Morgan fingerprint density at radius 3 is 2.57 bits per heavy atom. The van der Waals surface area contributed by atoms with Gasteiger partial charge >= 0.3 is 0 Å². The first kappa shape index (κ1) is 24.0. The highest BCUT2D eigenvalue weighted by Crippen LogP contribution is 2.36. The second kappa shape index (κ2) is 9.75. The van der Waals surface area contributed by atoms with E-state index < -0.39 is 0 Å². The van der Waals surface area contributed by atoms with Gasteiger partial charge in [0, 0.05) is 42.4 Å². The summed E-state index contributed by atoms with van der Waals surface area (Å²) in [6, 6.07) is 17.5. The molecule has 2 aliphatic rings. The third kappa shape index (κ3) is 5.14. The van der Waals surface area contributed by atoms with Gasteiger partial charge in [-0.2, -0.15) is 0 Å². The molecule has 0 radical (unpaired) electrons. The van der Waals surface area contributed by atoms with Gasteiger partial charge in [0.1, 0.15) is 11.4 Å². The van der Waals surface area contributed by atoms with Crippen LogP contribution in [0.15, 0.2) is 53.5 Å². The standard InChI is InChI=1S/C29H36N4OS/c1-29(2,3)28-31-26-25(35-28)18-21-8-6-7-9-24(21)30-27(26)33-17-16-32(4)22(19-33)13-10-20-11-14-23(34-5)15-12-20/h6-9,11-12,14-15,22H,10,13,16-19H2,1-5H3/t22-/m0/s1. The molecule has 1 fully saturated rings. The molecular weight excluding hydrogens is 452 g/mol. The quantitative estimate of drug-likeness (QED) is 0.474. The first-order chi connectivity index (χ1) is 16.8. The molecule has 0 amide bonds. The van der Waals surface area contributed by atoms with E-state index in [9.17, 15) is 0 Å². The lowest BCUT2D eigenvalue weighted by Crippen LogP contribution is -2.53. The Hall–Kier alpha value is -2.70.